The highest BCUT2D eigenvalue weighted by atomic mass is 19.1. The summed E-state index contributed by atoms with van der Waals surface area (Å²) in [7, 11) is 1.45. The second-order valence-electron chi connectivity index (χ2n) is 4.74. The molecule has 0 aliphatic heterocycles. The van der Waals surface area contributed by atoms with Gasteiger partial charge in [-0.25, -0.2) is 4.39 Å². The third-order valence-corrected chi connectivity index (χ3v) is 3.27. The summed E-state index contributed by atoms with van der Waals surface area (Å²) in [5.74, 6) is 0.202. The Morgan fingerprint density at radius 3 is 2.75 bits per heavy atom. The minimum atomic E-state index is -0.798. The van der Waals surface area contributed by atoms with Gasteiger partial charge in [-0.05, 0) is 37.3 Å². The zero-order valence-corrected chi connectivity index (χ0v) is 9.66. The molecule has 2 nitrogen and oxygen atoms in total. The van der Waals surface area contributed by atoms with E-state index in [1.165, 1.54) is 7.11 Å². The fraction of sp³-hybridized carbons (Fsp3) is 0.538. The van der Waals surface area contributed by atoms with Crippen molar-refractivity contribution in [3.05, 3.63) is 29.6 Å². The topological polar surface area (TPSA) is 29.5 Å². The fourth-order valence-electron chi connectivity index (χ4n) is 2.09. The van der Waals surface area contributed by atoms with Gasteiger partial charge in [0.05, 0.1) is 12.7 Å². The lowest BCUT2D eigenvalue weighted by Crippen LogP contribution is -2.30. The van der Waals surface area contributed by atoms with Crippen LogP contribution in [0.3, 0.4) is 0 Å². The Kier molecular flexibility index (Phi) is 2.89. The van der Waals surface area contributed by atoms with E-state index in [1.54, 1.807) is 25.1 Å². The van der Waals surface area contributed by atoms with E-state index < -0.39 is 5.60 Å². The number of benzene rings is 1. The van der Waals surface area contributed by atoms with E-state index >= 15 is 0 Å². The third-order valence-electron chi connectivity index (χ3n) is 3.27. The average Bonchev–Trinajstić information content (AvgIpc) is 3.04. The summed E-state index contributed by atoms with van der Waals surface area (Å²) >= 11 is 0. The van der Waals surface area contributed by atoms with Gasteiger partial charge < -0.3 is 9.84 Å². The van der Waals surface area contributed by atoms with Gasteiger partial charge in [0.15, 0.2) is 11.6 Å². The van der Waals surface area contributed by atoms with Gasteiger partial charge in [-0.3, -0.25) is 0 Å². The van der Waals surface area contributed by atoms with Gasteiger partial charge >= 0.3 is 0 Å². The number of aliphatic hydroxyl groups is 1. The maximum absolute atomic E-state index is 13.9. The van der Waals surface area contributed by atoms with E-state index in [9.17, 15) is 9.50 Å². The average molecular weight is 224 g/mol. The molecule has 0 radical (unpaired) electrons. The van der Waals surface area contributed by atoms with Crippen LogP contribution < -0.4 is 4.74 Å². The van der Waals surface area contributed by atoms with Gasteiger partial charge in [0.1, 0.15) is 0 Å². The Morgan fingerprint density at radius 2 is 2.19 bits per heavy atom. The Balaban J connectivity index is 2.20. The molecule has 1 saturated carbocycles. The zero-order chi connectivity index (χ0) is 11.8. The van der Waals surface area contributed by atoms with Crippen molar-refractivity contribution in [2.45, 2.75) is 31.8 Å². The van der Waals surface area contributed by atoms with Crippen LogP contribution in [0.5, 0.6) is 5.75 Å². The first-order valence-electron chi connectivity index (χ1n) is 5.58. The van der Waals surface area contributed by atoms with Crippen molar-refractivity contribution in [3.8, 4) is 5.75 Å². The maximum Gasteiger partial charge on any atom is 0.168 e. The standard InChI is InChI=1S/C13H17FO2/c1-13(15,10-6-7-10)8-9-4-3-5-11(16-2)12(9)14/h3-5,10,15H,6-8H2,1-2H3. The molecule has 1 fully saturated rings. The first kappa shape index (κ1) is 11.4. The summed E-state index contributed by atoms with van der Waals surface area (Å²) in [4.78, 5) is 0. The lowest BCUT2D eigenvalue weighted by Gasteiger charge is -2.23. The quantitative estimate of drug-likeness (QED) is 0.851. The van der Waals surface area contributed by atoms with Crippen molar-refractivity contribution >= 4 is 0 Å². The first-order chi connectivity index (χ1) is 7.54. The van der Waals surface area contributed by atoms with Gasteiger partial charge in [0, 0.05) is 6.42 Å². The van der Waals surface area contributed by atoms with Crippen LogP contribution in [0.15, 0.2) is 18.2 Å². The largest absolute Gasteiger partial charge is 0.494 e. The summed E-state index contributed by atoms with van der Waals surface area (Å²) in [5.41, 5.74) is -0.274. The Morgan fingerprint density at radius 1 is 1.50 bits per heavy atom. The summed E-state index contributed by atoms with van der Waals surface area (Å²) < 4.78 is 18.8. The van der Waals surface area contributed by atoms with Crippen LogP contribution in [0.25, 0.3) is 0 Å². The highest BCUT2D eigenvalue weighted by Crippen LogP contribution is 2.41. The van der Waals surface area contributed by atoms with E-state index in [4.69, 9.17) is 4.74 Å². The van der Waals surface area contributed by atoms with Gasteiger partial charge in [0.2, 0.25) is 0 Å². The van der Waals surface area contributed by atoms with Crippen molar-refractivity contribution in [1.29, 1.82) is 0 Å². The van der Waals surface area contributed by atoms with Gasteiger partial charge in [-0.15, -0.1) is 0 Å². The molecule has 0 bridgehead atoms. The fourth-order valence-corrected chi connectivity index (χ4v) is 2.09. The predicted molar refractivity (Wildman–Crippen MR) is 60.0 cm³/mol. The molecule has 88 valence electrons. The molecule has 0 aromatic heterocycles. The van der Waals surface area contributed by atoms with Crippen LogP contribution in [0.4, 0.5) is 4.39 Å². The molecule has 1 atom stereocenters. The van der Waals surface area contributed by atoms with Gasteiger partial charge in [0.25, 0.3) is 0 Å². The molecule has 1 aromatic rings. The Bertz CT molecular complexity index is 384. The van der Waals surface area contributed by atoms with Crippen LogP contribution >= 0.6 is 0 Å². The number of hydrogen-bond donors (Lipinski definition) is 1. The summed E-state index contributed by atoms with van der Waals surface area (Å²) in [5, 5.41) is 10.2. The van der Waals surface area contributed by atoms with E-state index in [0.717, 1.165) is 12.8 Å². The molecule has 1 aliphatic carbocycles. The van der Waals surface area contributed by atoms with E-state index in [0.29, 0.717) is 17.9 Å². The van der Waals surface area contributed by atoms with E-state index in [-0.39, 0.29) is 11.6 Å². The molecule has 1 unspecified atom stereocenters. The van der Waals surface area contributed by atoms with Crippen molar-refractivity contribution in [2.75, 3.05) is 7.11 Å². The van der Waals surface area contributed by atoms with Crippen molar-refractivity contribution in [2.24, 2.45) is 5.92 Å². The smallest absolute Gasteiger partial charge is 0.168 e. The van der Waals surface area contributed by atoms with Crippen molar-refractivity contribution in [1.82, 2.24) is 0 Å². The van der Waals surface area contributed by atoms with Crippen LogP contribution in [-0.4, -0.2) is 17.8 Å². The van der Waals surface area contributed by atoms with E-state index in [1.807, 2.05) is 0 Å². The lowest BCUT2D eigenvalue weighted by atomic mass is 9.91. The number of halogens is 1. The second kappa shape index (κ2) is 4.06. The summed E-state index contributed by atoms with van der Waals surface area (Å²) in [6.07, 6.45) is 2.43. The molecular formula is C13H17FO2. The van der Waals surface area contributed by atoms with Crippen molar-refractivity contribution in [3.63, 3.8) is 0 Å². The molecule has 1 aliphatic rings. The molecule has 0 heterocycles. The number of methoxy groups -OCH3 is 1. The highest BCUT2D eigenvalue weighted by molar-refractivity contribution is 5.32. The van der Waals surface area contributed by atoms with Crippen LogP contribution in [0.2, 0.25) is 0 Å². The molecule has 16 heavy (non-hydrogen) atoms. The van der Waals surface area contributed by atoms with E-state index in [2.05, 4.69) is 0 Å². The Labute approximate surface area is 95.1 Å². The molecule has 0 saturated heterocycles. The SMILES string of the molecule is COc1cccc(CC(C)(O)C2CC2)c1F. The van der Waals surface area contributed by atoms with Crippen LogP contribution in [-0.2, 0) is 6.42 Å². The number of hydrogen-bond acceptors (Lipinski definition) is 2. The first-order valence-corrected chi connectivity index (χ1v) is 5.58. The molecule has 0 amide bonds. The second-order valence-corrected chi connectivity index (χ2v) is 4.74. The third kappa shape index (κ3) is 2.19. The monoisotopic (exact) mass is 224 g/mol. The molecule has 1 N–H and O–H groups in total. The maximum atomic E-state index is 13.9. The van der Waals surface area contributed by atoms with Crippen molar-refractivity contribution < 1.29 is 14.2 Å². The minimum absolute atomic E-state index is 0.240. The number of rotatable bonds is 4. The predicted octanol–water partition coefficient (Wildman–Crippen LogP) is 2.54. The van der Waals surface area contributed by atoms with Crippen LogP contribution in [0, 0.1) is 11.7 Å². The summed E-state index contributed by atoms with van der Waals surface area (Å²) in [6.45, 7) is 1.78. The normalized spacial score (nSPS) is 19.2. The number of ether oxygens (including phenoxy) is 1. The highest BCUT2D eigenvalue weighted by Gasteiger charge is 2.40. The Hall–Kier alpha value is -1.09. The van der Waals surface area contributed by atoms with Gasteiger partial charge in [-0.1, -0.05) is 12.1 Å². The molecule has 2 rings (SSSR count). The lowest BCUT2D eigenvalue weighted by molar-refractivity contribution is 0.0363. The molecular weight excluding hydrogens is 207 g/mol. The minimum Gasteiger partial charge on any atom is -0.494 e. The molecule has 3 heteroatoms. The molecule has 1 aromatic carbocycles. The molecule has 0 spiro atoms. The van der Waals surface area contributed by atoms with Crippen LogP contribution in [0.1, 0.15) is 25.3 Å². The summed E-state index contributed by atoms with van der Waals surface area (Å²) in [6, 6.07) is 5.04. The van der Waals surface area contributed by atoms with Gasteiger partial charge in [-0.2, -0.15) is 0 Å². The zero-order valence-electron chi connectivity index (χ0n) is 9.66.